The molecule has 0 spiro atoms. The summed E-state index contributed by atoms with van der Waals surface area (Å²) in [5, 5.41) is 1.91. The number of rotatable bonds is 3. The molecule has 2 aromatic carbocycles. The van der Waals surface area contributed by atoms with Crippen LogP contribution in [-0.4, -0.2) is 15.3 Å². The molecule has 0 atom stereocenters. The van der Waals surface area contributed by atoms with Gasteiger partial charge in [0.25, 0.3) is 5.56 Å². The summed E-state index contributed by atoms with van der Waals surface area (Å²) in [5.74, 6) is 0.838. The maximum atomic E-state index is 13.0. The molecule has 112 valence electrons. The minimum atomic E-state index is -0.0630. The Balaban J connectivity index is 2.40. The Morgan fingerprint density at radius 1 is 1.23 bits per heavy atom. The molecule has 0 amide bonds. The van der Waals surface area contributed by atoms with Crippen molar-refractivity contribution in [3.63, 3.8) is 0 Å². The second-order valence-electron chi connectivity index (χ2n) is 4.92. The first-order valence-electron chi connectivity index (χ1n) is 7.03. The Kier molecular flexibility index (Phi) is 4.23. The Hall–Kier alpha value is -1.78. The SMILES string of the molecule is CCSc1nc2ccccc2c(=O)n1-c1cc(Cl)ccc1C. The van der Waals surface area contributed by atoms with Crippen molar-refractivity contribution < 1.29 is 0 Å². The zero-order chi connectivity index (χ0) is 15.7. The van der Waals surface area contributed by atoms with E-state index in [0.29, 0.717) is 15.6 Å². The molecule has 3 aromatic rings. The number of aromatic nitrogens is 2. The summed E-state index contributed by atoms with van der Waals surface area (Å²) in [4.78, 5) is 17.6. The van der Waals surface area contributed by atoms with Crippen LogP contribution in [0.5, 0.6) is 0 Å². The molecule has 22 heavy (non-hydrogen) atoms. The van der Waals surface area contributed by atoms with Gasteiger partial charge in [-0.05, 0) is 42.5 Å². The molecular formula is C17H15ClN2OS. The molecule has 3 nitrogen and oxygen atoms in total. The lowest BCUT2D eigenvalue weighted by Gasteiger charge is -2.15. The second kappa shape index (κ2) is 6.15. The number of halogens is 1. The standard InChI is InChI=1S/C17H15ClN2OS/c1-3-22-17-19-14-7-5-4-6-13(14)16(21)20(17)15-10-12(18)9-8-11(15)2/h4-10H,3H2,1-2H3. The fourth-order valence-corrected chi connectivity index (χ4v) is 3.27. The molecule has 0 aliphatic carbocycles. The van der Waals surface area contributed by atoms with Crippen LogP contribution in [-0.2, 0) is 0 Å². The third-order valence-electron chi connectivity index (χ3n) is 3.43. The van der Waals surface area contributed by atoms with Crippen LogP contribution in [0.1, 0.15) is 12.5 Å². The van der Waals surface area contributed by atoms with Crippen LogP contribution >= 0.6 is 23.4 Å². The molecule has 0 N–H and O–H groups in total. The minimum Gasteiger partial charge on any atom is -0.268 e. The highest BCUT2D eigenvalue weighted by molar-refractivity contribution is 7.99. The number of benzene rings is 2. The number of para-hydroxylation sites is 1. The zero-order valence-electron chi connectivity index (χ0n) is 12.3. The third-order valence-corrected chi connectivity index (χ3v) is 4.49. The fraction of sp³-hybridized carbons (Fsp3) is 0.176. The van der Waals surface area contributed by atoms with Crippen LogP contribution in [0.2, 0.25) is 5.02 Å². The van der Waals surface area contributed by atoms with Crippen molar-refractivity contribution in [3.8, 4) is 5.69 Å². The highest BCUT2D eigenvalue weighted by Crippen LogP contribution is 2.24. The summed E-state index contributed by atoms with van der Waals surface area (Å²) in [6, 6.07) is 13.0. The van der Waals surface area contributed by atoms with Gasteiger partial charge in [-0.2, -0.15) is 0 Å². The van der Waals surface area contributed by atoms with Gasteiger partial charge >= 0.3 is 0 Å². The van der Waals surface area contributed by atoms with Crippen molar-refractivity contribution in [1.82, 2.24) is 9.55 Å². The Morgan fingerprint density at radius 3 is 2.77 bits per heavy atom. The molecular weight excluding hydrogens is 316 g/mol. The summed E-state index contributed by atoms with van der Waals surface area (Å²) in [6.45, 7) is 4.01. The zero-order valence-corrected chi connectivity index (χ0v) is 13.9. The average molecular weight is 331 g/mol. The third kappa shape index (κ3) is 2.64. The predicted molar refractivity (Wildman–Crippen MR) is 93.5 cm³/mol. The van der Waals surface area contributed by atoms with Crippen molar-refractivity contribution in [3.05, 3.63) is 63.4 Å². The van der Waals surface area contributed by atoms with Crippen molar-refractivity contribution in [1.29, 1.82) is 0 Å². The van der Waals surface area contributed by atoms with E-state index >= 15 is 0 Å². The lowest BCUT2D eigenvalue weighted by molar-refractivity contribution is 0.815. The van der Waals surface area contributed by atoms with Gasteiger partial charge in [0, 0.05) is 5.02 Å². The average Bonchev–Trinajstić information content (AvgIpc) is 2.51. The summed E-state index contributed by atoms with van der Waals surface area (Å²) in [7, 11) is 0. The summed E-state index contributed by atoms with van der Waals surface area (Å²) < 4.78 is 1.66. The smallest absolute Gasteiger partial charge is 0.266 e. The van der Waals surface area contributed by atoms with E-state index in [2.05, 4.69) is 4.98 Å². The van der Waals surface area contributed by atoms with E-state index in [1.807, 2.05) is 50.2 Å². The highest BCUT2D eigenvalue weighted by atomic mass is 35.5. The minimum absolute atomic E-state index is 0.0630. The topological polar surface area (TPSA) is 34.9 Å². The Labute approximate surface area is 138 Å². The number of hydrogen-bond acceptors (Lipinski definition) is 3. The quantitative estimate of drug-likeness (QED) is 0.525. The maximum Gasteiger partial charge on any atom is 0.266 e. The number of thioether (sulfide) groups is 1. The van der Waals surface area contributed by atoms with Crippen LogP contribution in [0, 0.1) is 6.92 Å². The van der Waals surface area contributed by atoms with Crippen LogP contribution in [0.15, 0.2) is 52.4 Å². The molecule has 0 radical (unpaired) electrons. The van der Waals surface area contributed by atoms with Gasteiger partial charge in [-0.25, -0.2) is 4.98 Å². The number of hydrogen-bond donors (Lipinski definition) is 0. The Bertz CT molecular complexity index is 905. The van der Waals surface area contributed by atoms with Crippen molar-refractivity contribution in [2.45, 2.75) is 19.0 Å². The van der Waals surface area contributed by atoms with E-state index in [-0.39, 0.29) is 5.56 Å². The van der Waals surface area contributed by atoms with E-state index in [1.54, 1.807) is 22.4 Å². The summed E-state index contributed by atoms with van der Waals surface area (Å²) in [6.07, 6.45) is 0. The molecule has 0 aliphatic heterocycles. The maximum absolute atomic E-state index is 13.0. The van der Waals surface area contributed by atoms with Gasteiger partial charge in [-0.3, -0.25) is 9.36 Å². The first-order valence-corrected chi connectivity index (χ1v) is 8.39. The highest BCUT2D eigenvalue weighted by Gasteiger charge is 2.14. The molecule has 0 unspecified atom stereocenters. The van der Waals surface area contributed by atoms with Crippen molar-refractivity contribution >= 4 is 34.3 Å². The predicted octanol–water partition coefficient (Wildman–Crippen LogP) is 4.46. The van der Waals surface area contributed by atoms with Gasteiger partial charge in [0.1, 0.15) is 0 Å². The second-order valence-corrected chi connectivity index (χ2v) is 6.58. The molecule has 0 fully saturated rings. The largest absolute Gasteiger partial charge is 0.268 e. The number of nitrogens with zero attached hydrogens (tertiary/aromatic N) is 2. The van der Waals surface area contributed by atoms with Gasteiger partial charge < -0.3 is 0 Å². The molecule has 0 saturated heterocycles. The monoisotopic (exact) mass is 330 g/mol. The van der Waals surface area contributed by atoms with Crippen molar-refractivity contribution in [2.24, 2.45) is 0 Å². The molecule has 3 rings (SSSR count). The van der Waals surface area contributed by atoms with Crippen molar-refractivity contribution in [2.75, 3.05) is 5.75 Å². The van der Waals surface area contributed by atoms with Gasteiger partial charge in [0.05, 0.1) is 16.6 Å². The molecule has 1 aromatic heterocycles. The van der Waals surface area contributed by atoms with Crippen LogP contribution < -0.4 is 5.56 Å². The van der Waals surface area contributed by atoms with Gasteiger partial charge in [-0.15, -0.1) is 0 Å². The molecule has 1 heterocycles. The summed E-state index contributed by atoms with van der Waals surface area (Å²) in [5.41, 5.74) is 2.43. The van der Waals surface area contributed by atoms with E-state index < -0.39 is 0 Å². The van der Waals surface area contributed by atoms with Crippen LogP contribution in [0.3, 0.4) is 0 Å². The molecule has 0 saturated carbocycles. The first-order chi connectivity index (χ1) is 10.6. The molecule has 0 aliphatic rings. The van der Waals surface area contributed by atoms with E-state index in [1.165, 1.54) is 0 Å². The Morgan fingerprint density at radius 2 is 2.00 bits per heavy atom. The molecule has 0 bridgehead atoms. The fourth-order valence-electron chi connectivity index (χ4n) is 2.37. The molecule has 5 heteroatoms. The van der Waals surface area contributed by atoms with Crippen LogP contribution in [0.4, 0.5) is 0 Å². The lowest BCUT2D eigenvalue weighted by Crippen LogP contribution is -2.22. The normalized spacial score (nSPS) is 11.0. The lowest BCUT2D eigenvalue weighted by atomic mass is 10.2. The number of fused-ring (bicyclic) bond motifs is 1. The van der Waals surface area contributed by atoms with Crippen LogP contribution in [0.25, 0.3) is 16.6 Å². The van der Waals surface area contributed by atoms with E-state index in [9.17, 15) is 4.79 Å². The van der Waals surface area contributed by atoms with E-state index in [4.69, 9.17) is 11.6 Å². The van der Waals surface area contributed by atoms with Gasteiger partial charge in [0.2, 0.25) is 0 Å². The summed E-state index contributed by atoms with van der Waals surface area (Å²) >= 11 is 7.67. The van der Waals surface area contributed by atoms with Gasteiger partial charge in [-0.1, -0.05) is 48.5 Å². The van der Waals surface area contributed by atoms with Gasteiger partial charge in [0.15, 0.2) is 5.16 Å². The van der Waals surface area contributed by atoms with E-state index in [0.717, 1.165) is 22.5 Å². The number of aryl methyl sites for hydroxylation is 1. The first kappa shape index (κ1) is 15.1.